The lowest BCUT2D eigenvalue weighted by atomic mass is 10.1. The Bertz CT molecular complexity index is 495. The Hall–Kier alpha value is -2.16. The Morgan fingerprint density at radius 3 is 2.71 bits per heavy atom. The van der Waals surface area contributed by atoms with Crippen LogP contribution in [-0.2, 0) is 11.2 Å². The van der Waals surface area contributed by atoms with Gasteiger partial charge in [0.25, 0.3) is 0 Å². The maximum absolute atomic E-state index is 10.4. The third-order valence-corrected chi connectivity index (χ3v) is 2.50. The Balaban J connectivity index is 2.02. The molecule has 0 bridgehead atoms. The largest absolute Gasteiger partial charge is 0.478 e. The fourth-order valence-corrected chi connectivity index (χ4v) is 1.65. The standard InChI is InChI=1S/C14H13NO2/c16-14(17)8-7-11-3-5-12(6-4-11)10-13-2-1-9-15-13/h2-9H,1,10H2,(H,16,17)/b8-7+. The number of benzene rings is 1. The van der Waals surface area contributed by atoms with Crippen LogP contribution in [0, 0.1) is 0 Å². The van der Waals surface area contributed by atoms with Crippen LogP contribution >= 0.6 is 0 Å². The molecule has 0 aliphatic carbocycles. The third kappa shape index (κ3) is 3.41. The van der Waals surface area contributed by atoms with Crippen LogP contribution in [0.3, 0.4) is 0 Å². The van der Waals surface area contributed by atoms with Gasteiger partial charge in [-0.25, -0.2) is 4.79 Å². The first-order valence-electron chi connectivity index (χ1n) is 5.45. The monoisotopic (exact) mass is 227 g/mol. The zero-order chi connectivity index (χ0) is 12.1. The molecule has 0 saturated carbocycles. The van der Waals surface area contributed by atoms with Crippen LogP contribution < -0.4 is 0 Å². The zero-order valence-corrected chi connectivity index (χ0v) is 9.34. The lowest BCUT2D eigenvalue weighted by molar-refractivity contribution is -0.131. The van der Waals surface area contributed by atoms with Gasteiger partial charge in [-0.15, -0.1) is 0 Å². The number of hydrogen-bond donors (Lipinski definition) is 1. The smallest absolute Gasteiger partial charge is 0.328 e. The minimum absolute atomic E-state index is 0.833. The van der Waals surface area contributed by atoms with Crippen molar-refractivity contribution in [3.8, 4) is 0 Å². The summed E-state index contributed by atoms with van der Waals surface area (Å²) in [4.78, 5) is 14.6. The quantitative estimate of drug-likeness (QED) is 0.804. The summed E-state index contributed by atoms with van der Waals surface area (Å²) in [6.07, 6.45) is 8.49. The first-order valence-corrected chi connectivity index (χ1v) is 5.45. The minimum Gasteiger partial charge on any atom is -0.478 e. The number of nitrogens with zero attached hydrogens (tertiary/aromatic N) is 1. The number of carbonyl (C=O) groups is 1. The molecule has 86 valence electrons. The second-order valence-electron chi connectivity index (χ2n) is 3.83. The summed E-state index contributed by atoms with van der Waals surface area (Å²) in [5.41, 5.74) is 3.17. The van der Waals surface area contributed by atoms with Crippen LogP contribution in [0.15, 0.2) is 47.1 Å². The molecule has 0 amide bonds. The first-order chi connectivity index (χ1) is 8.24. The number of rotatable bonds is 4. The van der Waals surface area contributed by atoms with E-state index in [9.17, 15) is 4.79 Å². The Morgan fingerprint density at radius 1 is 1.35 bits per heavy atom. The van der Waals surface area contributed by atoms with Crippen LogP contribution in [0.2, 0.25) is 0 Å². The van der Waals surface area contributed by atoms with Gasteiger partial charge in [-0.2, -0.15) is 0 Å². The lowest BCUT2D eigenvalue weighted by Crippen LogP contribution is -1.88. The average molecular weight is 227 g/mol. The second-order valence-corrected chi connectivity index (χ2v) is 3.83. The maximum Gasteiger partial charge on any atom is 0.328 e. The molecular weight excluding hydrogens is 214 g/mol. The lowest BCUT2D eigenvalue weighted by Gasteiger charge is -2.00. The molecule has 1 N–H and O–H groups in total. The molecule has 3 nitrogen and oxygen atoms in total. The van der Waals surface area contributed by atoms with Crippen molar-refractivity contribution in [2.75, 3.05) is 0 Å². The van der Waals surface area contributed by atoms with Gasteiger partial charge in [0, 0.05) is 30.8 Å². The van der Waals surface area contributed by atoms with Gasteiger partial charge in [0.1, 0.15) is 0 Å². The molecule has 0 spiro atoms. The van der Waals surface area contributed by atoms with E-state index in [1.165, 1.54) is 5.56 Å². The molecule has 1 aromatic rings. The highest BCUT2D eigenvalue weighted by Gasteiger charge is 2.01. The Morgan fingerprint density at radius 2 is 2.12 bits per heavy atom. The van der Waals surface area contributed by atoms with Crippen molar-refractivity contribution in [1.82, 2.24) is 0 Å². The molecule has 17 heavy (non-hydrogen) atoms. The summed E-state index contributed by atoms with van der Waals surface area (Å²) in [6.45, 7) is 0. The van der Waals surface area contributed by atoms with Crippen LogP contribution in [0.5, 0.6) is 0 Å². The summed E-state index contributed by atoms with van der Waals surface area (Å²) >= 11 is 0. The summed E-state index contributed by atoms with van der Waals surface area (Å²) in [6, 6.07) is 7.81. The molecule has 2 rings (SSSR count). The number of aliphatic imine (C=N–C) groups is 1. The molecular formula is C14H13NO2. The number of allylic oxidation sites excluding steroid dienone is 2. The van der Waals surface area contributed by atoms with Crippen LogP contribution in [0.4, 0.5) is 0 Å². The van der Waals surface area contributed by atoms with Gasteiger partial charge in [-0.05, 0) is 17.2 Å². The number of carboxylic acids is 1. The van der Waals surface area contributed by atoms with Gasteiger partial charge in [-0.1, -0.05) is 30.3 Å². The molecule has 1 heterocycles. The second kappa shape index (κ2) is 5.25. The van der Waals surface area contributed by atoms with E-state index in [-0.39, 0.29) is 0 Å². The highest BCUT2D eigenvalue weighted by atomic mass is 16.4. The topological polar surface area (TPSA) is 49.7 Å². The average Bonchev–Trinajstić information content (AvgIpc) is 2.81. The van der Waals surface area contributed by atoms with Crippen molar-refractivity contribution in [3.63, 3.8) is 0 Å². The van der Waals surface area contributed by atoms with Crippen LogP contribution in [0.1, 0.15) is 17.5 Å². The maximum atomic E-state index is 10.4. The summed E-state index contributed by atoms with van der Waals surface area (Å²) in [7, 11) is 0. The van der Waals surface area contributed by atoms with Crippen LogP contribution in [-0.4, -0.2) is 17.3 Å². The van der Waals surface area contributed by atoms with Crippen molar-refractivity contribution in [3.05, 3.63) is 53.2 Å². The van der Waals surface area contributed by atoms with Gasteiger partial charge in [0.05, 0.1) is 0 Å². The molecule has 0 unspecified atom stereocenters. The predicted molar refractivity (Wildman–Crippen MR) is 68.0 cm³/mol. The molecule has 1 aliphatic rings. The fourth-order valence-electron chi connectivity index (χ4n) is 1.65. The number of carboxylic acid groups (broad SMARTS) is 1. The Labute approximate surface area is 99.8 Å². The highest BCUT2D eigenvalue weighted by molar-refractivity contribution is 5.85. The number of hydrogen-bond acceptors (Lipinski definition) is 2. The minimum atomic E-state index is -0.931. The van der Waals surface area contributed by atoms with Crippen molar-refractivity contribution >= 4 is 18.3 Å². The van der Waals surface area contributed by atoms with Gasteiger partial charge >= 0.3 is 5.97 Å². The molecule has 1 aromatic carbocycles. The van der Waals surface area contributed by atoms with Gasteiger partial charge in [0.15, 0.2) is 0 Å². The van der Waals surface area contributed by atoms with E-state index < -0.39 is 5.97 Å². The van der Waals surface area contributed by atoms with Crippen LogP contribution in [0.25, 0.3) is 6.08 Å². The zero-order valence-electron chi connectivity index (χ0n) is 9.34. The van der Waals surface area contributed by atoms with E-state index in [0.717, 1.165) is 30.2 Å². The number of aliphatic carboxylic acids is 1. The summed E-state index contributed by atoms with van der Waals surface area (Å²) in [5, 5.41) is 8.51. The molecule has 0 aromatic heterocycles. The van der Waals surface area contributed by atoms with Gasteiger partial charge < -0.3 is 5.11 Å². The van der Waals surface area contributed by atoms with Gasteiger partial charge in [-0.3, -0.25) is 4.99 Å². The van der Waals surface area contributed by atoms with E-state index in [0.29, 0.717) is 0 Å². The molecule has 0 saturated heterocycles. The van der Waals surface area contributed by atoms with E-state index in [4.69, 9.17) is 5.11 Å². The molecule has 0 fully saturated rings. The molecule has 0 atom stereocenters. The summed E-state index contributed by atoms with van der Waals surface area (Å²) in [5.74, 6) is -0.931. The van der Waals surface area contributed by atoms with E-state index in [1.807, 2.05) is 30.5 Å². The van der Waals surface area contributed by atoms with E-state index >= 15 is 0 Å². The van der Waals surface area contributed by atoms with Crippen molar-refractivity contribution in [2.24, 2.45) is 4.99 Å². The van der Waals surface area contributed by atoms with Crippen molar-refractivity contribution in [1.29, 1.82) is 0 Å². The highest BCUT2D eigenvalue weighted by Crippen LogP contribution is 2.14. The molecule has 0 radical (unpaired) electrons. The van der Waals surface area contributed by atoms with Crippen molar-refractivity contribution in [2.45, 2.75) is 12.8 Å². The SMILES string of the molecule is O=C(O)/C=C/c1ccc(CC2=CCC=N2)cc1. The third-order valence-electron chi connectivity index (χ3n) is 2.50. The fraction of sp³-hybridized carbons (Fsp3) is 0.143. The van der Waals surface area contributed by atoms with E-state index in [1.54, 1.807) is 6.08 Å². The van der Waals surface area contributed by atoms with Crippen molar-refractivity contribution < 1.29 is 9.90 Å². The van der Waals surface area contributed by atoms with E-state index in [2.05, 4.69) is 11.1 Å². The summed E-state index contributed by atoms with van der Waals surface area (Å²) < 4.78 is 0. The normalized spacial score (nSPS) is 14.2. The molecule has 3 heteroatoms. The Kier molecular flexibility index (Phi) is 3.50. The van der Waals surface area contributed by atoms with Gasteiger partial charge in [0.2, 0.25) is 0 Å². The molecule has 1 aliphatic heterocycles. The predicted octanol–water partition coefficient (Wildman–Crippen LogP) is 2.69. The first kappa shape index (κ1) is 11.3.